The van der Waals surface area contributed by atoms with Gasteiger partial charge in [0.2, 0.25) is 0 Å². The van der Waals surface area contributed by atoms with Crippen molar-refractivity contribution in [1.29, 1.82) is 0 Å². The molecule has 3 aromatic carbocycles. The molecule has 0 atom stereocenters. The summed E-state index contributed by atoms with van der Waals surface area (Å²) in [5, 5.41) is 0. The molecule has 0 saturated heterocycles. The van der Waals surface area contributed by atoms with Gasteiger partial charge < -0.3 is 4.74 Å². The van der Waals surface area contributed by atoms with E-state index in [1.807, 2.05) is 12.1 Å². The summed E-state index contributed by atoms with van der Waals surface area (Å²) in [6.45, 7) is 2.08. The van der Waals surface area contributed by atoms with Crippen LogP contribution >= 0.6 is 0 Å². The first-order valence-corrected chi connectivity index (χ1v) is 11.0. The lowest BCUT2D eigenvalue weighted by molar-refractivity contribution is -0.275. The number of alkyl halides is 3. The van der Waals surface area contributed by atoms with Crippen molar-refractivity contribution in [3.8, 4) is 16.9 Å². The first-order chi connectivity index (χ1) is 16.1. The van der Waals surface area contributed by atoms with E-state index in [1.165, 1.54) is 12.1 Å². The second kappa shape index (κ2) is 9.57. The van der Waals surface area contributed by atoms with Gasteiger partial charge in [0.25, 0.3) is 0 Å². The molecule has 34 heavy (non-hydrogen) atoms. The van der Waals surface area contributed by atoms with Crippen LogP contribution in [0.3, 0.4) is 0 Å². The molecule has 3 aromatic rings. The summed E-state index contributed by atoms with van der Waals surface area (Å²) >= 11 is 0. The van der Waals surface area contributed by atoms with Crippen molar-refractivity contribution < 1.29 is 31.1 Å². The number of hydrogen-bond donors (Lipinski definition) is 0. The molecule has 0 N–H and O–H groups in total. The molecule has 0 amide bonds. The molecule has 1 aliphatic rings. The number of benzene rings is 3. The Morgan fingerprint density at radius 1 is 0.824 bits per heavy atom. The fourth-order valence-corrected chi connectivity index (χ4v) is 4.18. The van der Waals surface area contributed by atoms with E-state index in [1.54, 1.807) is 18.2 Å². The van der Waals surface area contributed by atoms with Gasteiger partial charge in [0.05, 0.1) is 0 Å². The van der Waals surface area contributed by atoms with Crippen molar-refractivity contribution in [3.05, 3.63) is 94.3 Å². The van der Waals surface area contributed by atoms with E-state index >= 15 is 0 Å². The van der Waals surface area contributed by atoms with Gasteiger partial charge in [0, 0.05) is 11.1 Å². The predicted octanol–water partition coefficient (Wildman–Crippen LogP) is 8.19. The Morgan fingerprint density at radius 3 is 2.26 bits per heavy atom. The fraction of sp³-hybridized carbons (Fsp3) is 0.259. The van der Waals surface area contributed by atoms with Gasteiger partial charge in [-0.1, -0.05) is 37.6 Å². The molecule has 0 aliphatic heterocycles. The molecule has 1 nitrogen and oxygen atoms in total. The third kappa shape index (κ3) is 5.29. The monoisotopic (exact) mass is 476 g/mol. The van der Waals surface area contributed by atoms with Gasteiger partial charge in [-0.05, 0) is 83.8 Å². The SMILES string of the molecule is CCCCc1ccc(C2=CCc3cc(-c4ccc(OC(F)(F)F)c(F)c4)c(F)cc3C2)c(F)c1. The van der Waals surface area contributed by atoms with Gasteiger partial charge >= 0.3 is 6.36 Å². The zero-order valence-corrected chi connectivity index (χ0v) is 18.4. The largest absolute Gasteiger partial charge is 0.573 e. The Hall–Kier alpha value is -3.22. The van der Waals surface area contributed by atoms with Crippen molar-refractivity contribution in [2.24, 2.45) is 0 Å². The first-order valence-electron chi connectivity index (χ1n) is 11.0. The molecule has 0 unspecified atom stereocenters. The molecule has 0 heterocycles. The Kier molecular flexibility index (Phi) is 6.73. The molecule has 0 saturated carbocycles. The minimum Gasteiger partial charge on any atom is -0.403 e. The van der Waals surface area contributed by atoms with Gasteiger partial charge in [-0.3, -0.25) is 0 Å². The fourth-order valence-electron chi connectivity index (χ4n) is 4.18. The second-order valence-electron chi connectivity index (χ2n) is 8.32. The van der Waals surface area contributed by atoms with Crippen LogP contribution in [-0.2, 0) is 19.3 Å². The van der Waals surface area contributed by atoms with E-state index < -0.39 is 23.7 Å². The van der Waals surface area contributed by atoms with Gasteiger partial charge in [-0.2, -0.15) is 0 Å². The highest BCUT2D eigenvalue weighted by Crippen LogP contribution is 2.35. The van der Waals surface area contributed by atoms with Crippen LogP contribution in [0.25, 0.3) is 16.7 Å². The van der Waals surface area contributed by atoms with Gasteiger partial charge in [0.15, 0.2) is 11.6 Å². The molecule has 0 fully saturated rings. The average Bonchev–Trinajstić information content (AvgIpc) is 2.77. The zero-order chi connectivity index (χ0) is 24.5. The Balaban J connectivity index is 1.58. The summed E-state index contributed by atoms with van der Waals surface area (Å²) in [4.78, 5) is 0. The zero-order valence-electron chi connectivity index (χ0n) is 18.4. The summed E-state index contributed by atoms with van der Waals surface area (Å²) < 4.78 is 84.5. The van der Waals surface area contributed by atoms with Crippen molar-refractivity contribution >= 4 is 5.57 Å². The smallest absolute Gasteiger partial charge is 0.403 e. The standard InChI is InChI=1S/C27H22F6O/c1-2-3-4-16-5-9-21(23(28)11-16)18-7-6-17-13-22(24(29)15-20(17)12-18)19-8-10-26(25(30)14-19)34-27(31,32)33/h5,7-11,13-15H,2-4,6,12H2,1H3. The average molecular weight is 476 g/mol. The lowest BCUT2D eigenvalue weighted by Crippen LogP contribution is -2.17. The van der Waals surface area contributed by atoms with E-state index in [9.17, 15) is 26.3 Å². The quantitative estimate of drug-likeness (QED) is 0.326. The third-order valence-electron chi connectivity index (χ3n) is 5.91. The van der Waals surface area contributed by atoms with Crippen LogP contribution in [-0.4, -0.2) is 6.36 Å². The molecule has 0 bridgehead atoms. The number of halogens is 6. The second-order valence-corrected chi connectivity index (χ2v) is 8.32. The lowest BCUT2D eigenvalue weighted by atomic mass is 9.85. The van der Waals surface area contributed by atoms with Crippen LogP contribution < -0.4 is 4.74 Å². The minimum atomic E-state index is -5.03. The normalized spacial score (nSPS) is 13.4. The minimum absolute atomic E-state index is 0.0690. The molecular weight excluding hydrogens is 454 g/mol. The number of ether oxygens (including phenoxy) is 1. The van der Waals surface area contributed by atoms with E-state index in [4.69, 9.17) is 0 Å². The summed E-state index contributed by atoms with van der Waals surface area (Å²) in [5.74, 6) is -3.17. The molecule has 7 heteroatoms. The summed E-state index contributed by atoms with van der Waals surface area (Å²) in [6, 6.07) is 10.9. The van der Waals surface area contributed by atoms with Crippen molar-refractivity contribution in [2.45, 2.75) is 45.4 Å². The molecule has 1 aliphatic carbocycles. The number of allylic oxidation sites excluding steroid dienone is 2. The van der Waals surface area contributed by atoms with Gasteiger partial charge in [-0.25, -0.2) is 13.2 Å². The maximum absolute atomic E-state index is 14.9. The highest BCUT2D eigenvalue weighted by atomic mass is 19.4. The Labute approximate surface area is 193 Å². The number of aryl methyl sites for hydroxylation is 1. The van der Waals surface area contributed by atoms with E-state index in [2.05, 4.69) is 11.7 Å². The van der Waals surface area contributed by atoms with E-state index in [0.717, 1.165) is 48.1 Å². The third-order valence-corrected chi connectivity index (χ3v) is 5.91. The number of unbranched alkanes of at least 4 members (excludes halogenated alkanes) is 1. The van der Waals surface area contributed by atoms with Gasteiger partial charge in [0.1, 0.15) is 11.6 Å². The van der Waals surface area contributed by atoms with Crippen LogP contribution in [0.15, 0.2) is 54.6 Å². The molecule has 178 valence electrons. The van der Waals surface area contributed by atoms with Crippen LogP contribution in [0.4, 0.5) is 26.3 Å². The lowest BCUT2D eigenvalue weighted by Gasteiger charge is -2.20. The Bertz CT molecular complexity index is 1240. The topological polar surface area (TPSA) is 9.23 Å². The summed E-state index contributed by atoms with van der Waals surface area (Å²) in [7, 11) is 0. The van der Waals surface area contributed by atoms with Crippen LogP contribution in [0.1, 0.15) is 42.0 Å². The van der Waals surface area contributed by atoms with Crippen LogP contribution in [0.2, 0.25) is 0 Å². The van der Waals surface area contributed by atoms with Crippen LogP contribution in [0, 0.1) is 17.5 Å². The molecular formula is C27H22F6O. The van der Waals surface area contributed by atoms with Crippen molar-refractivity contribution in [1.82, 2.24) is 0 Å². The molecule has 0 aromatic heterocycles. The van der Waals surface area contributed by atoms with Crippen LogP contribution in [0.5, 0.6) is 5.75 Å². The summed E-state index contributed by atoms with van der Waals surface area (Å²) in [6.07, 6.45) is 0.438. The number of rotatable bonds is 6. The molecule has 0 radical (unpaired) electrons. The maximum atomic E-state index is 14.9. The number of fused-ring (bicyclic) bond motifs is 1. The highest BCUT2D eigenvalue weighted by molar-refractivity contribution is 5.73. The van der Waals surface area contributed by atoms with E-state index in [-0.39, 0.29) is 16.9 Å². The van der Waals surface area contributed by atoms with Crippen molar-refractivity contribution in [3.63, 3.8) is 0 Å². The number of hydrogen-bond acceptors (Lipinski definition) is 1. The first kappa shape index (κ1) is 23.9. The predicted molar refractivity (Wildman–Crippen MR) is 119 cm³/mol. The molecule has 4 rings (SSSR count). The Morgan fingerprint density at radius 2 is 1.59 bits per heavy atom. The highest BCUT2D eigenvalue weighted by Gasteiger charge is 2.32. The van der Waals surface area contributed by atoms with E-state index in [0.29, 0.717) is 24.0 Å². The maximum Gasteiger partial charge on any atom is 0.573 e. The van der Waals surface area contributed by atoms with Crippen molar-refractivity contribution in [2.75, 3.05) is 0 Å². The van der Waals surface area contributed by atoms with Gasteiger partial charge in [-0.15, -0.1) is 13.2 Å². The molecule has 0 spiro atoms. The summed E-state index contributed by atoms with van der Waals surface area (Å²) in [5.41, 5.74) is 3.82.